The third kappa shape index (κ3) is 6.70. The van der Waals surface area contributed by atoms with Crippen molar-refractivity contribution in [2.75, 3.05) is 6.54 Å². The molecule has 2 unspecified atom stereocenters. The van der Waals surface area contributed by atoms with E-state index in [0.717, 1.165) is 24.9 Å². The number of amides is 1. The zero-order valence-electron chi connectivity index (χ0n) is 16.6. The number of hydrogen-bond donors (Lipinski definition) is 0. The van der Waals surface area contributed by atoms with Crippen molar-refractivity contribution < 1.29 is 23.9 Å². The van der Waals surface area contributed by atoms with Crippen LogP contribution in [-0.2, 0) is 20.9 Å². The van der Waals surface area contributed by atoms with Gasteiger partial charge in [-0.05, 0) is 42.4 Å². The molecule has 0 aliphatic heterocycles. The molecular weight excluding hydrogens is 346 g/mol. The number of hydrogen-bond acceptors (Lipinski definition) is 5. The fourth-order valence-corrected chi connectivity index (χ4v) is 3.69. The molecule has 0 N–H and O–H groups in total. The van der Waals surface area contributed by atoms with Crippen molar-refractivity contribution in [1.82, 2.24) is 4.90 Å². The van der Waals surface area contributed by atoms with Crippen LogP contribution < -0.4 is 9.47 Å². The summed E-state index contributed by atoms with van der Waals surface area (Å²) in [6.07, 6.45) is 4.78. The lowest BCUT2D eigenvalue weighted by atomic mass is 9.82. The van der Waals surface area contributed by atoms with Gasteiger partial charge in [-0.1, -0.05) is 25.8 Å². The van der Waals surface area contributed by atoms with Gasteiger partial charge in [-0.15, -0.1) is 0 Å². The van der Waals surface area contributed by atoms with Crippen LogP contribution in [0.25, 0.3) is 0 Å². The maximum Gasteiger partial charge on any atom is 0.308 e. The van der Waals surface area contributed by atoms with Gasteiger partial charge in [0.25, 0.3) is 0 Å². The molecule has 0 saturated heterocycles. The lowest BCUT2D eigenvalue weighted by molar-refractivity contribution is -0.134. The fourth-order valence-electron chi connectivity index (χ4n) is 3.69. The third-order valence-corrected chi connectivity index (χ3v) is 4.86. The summed E-state index contributed by atoms with van der Waals surface area (Å²) >= 11 is 0. The lowest BCUT2D eigenvalue weighted by Crippen LogP contribution is -2.34. The fraction of sp³-hybridized carbons (Fsp3) is 0.571. The minimum Gasteiger partial charge on any atom is -0.423 e. The second-order valence-electron chi connectivity index (χ2n) is 7.51. The number of ether oxygens (including phenoxy) is 2. The number of carbonyl (C=O) groups excluding carboxylic acids is 3. The molecule has 0 aromatic heterocycles. The monoisotopic (exact) mass is 375 g/mol. The number of esters is 2. The van der Waals surface area contributed by atoms with E-state index in [0.29, 0.717) is 18.4 Å². The second kappa shape index (κ2) is 9.53. The van der Waals surface area contributed by atoms with Crippen LogP contribution in [0.4, 0.5) is 0 Å². The molecule has 2 atom stereocenters. The van der Waals surface area contributed by atoms with Gasteiger partial charge in [0.1, 0.15) is 0 Å². The van der Waals surface area contributed by atoms with Crippen LogP contribution in [0.2, 0.25) is 0 Å². The molecule has 0 spiro atoms. The maximum atomic E-state index is 12.1. The van der Waals surface area contributed by atoms with Gasteiger partial charge >= 0.3 is 11.9 Å². The van der Waals surface area contributed by atoms with Crippen molar-refractivity contribution in [3.05, 3.63) is 23.8 Å². The number of benzene rings is 1. The lowest BCUT2D eigenvalue weighted by Gasteiger charge is -2.32. The Bertz CT molecular complexity index is 700. The molecule has 1 aromatic carbocycles. The van der Waals surface area contributed by atoms with Gasteiger partial charge < -0.3 is 14.4 Å². The molecule has 1 saturated carbocycles. The zero-order chi connectivity index (χ0) is 20.0. The molecule has 1 amide bonds. The summed E-state index contributed by atoms with van der Waals surface area (Å²) in [7, 11) is 0. The standard InChI is InChI=1S/C21H29NO5/c1-14-6-5-7-18(10-14)12-22(15(2)23)13-19-8-9-20(26-16(3)24)21(11-19)27-17(4)25/h8-9,11,14,18H,5-7,10,12-13H2,1-4H3. The second-order valence-corrected chi connectivity index (χ2v) is 7.51. The summed E-state index contributed by atoms with van der Waals surface area (Å²) in [5, 5.41) is 0. The summed E-state index contributed by atoms with van der Waals surface area (Å²) in [4.78, 5) is 36.6. The van der Waals surface area contributed by atoms with Crippen LogP contribution in [-0.4, -0.2) is 29.3 Å². The van der Waals surface area contributed by atoms with Crippen LogP contribution in [0.15, 0.2) is 18.2 Å². The molecule has 1 aliphatic carbocycles. The molecular formula is C21H29NO5. The van der Waals surface area contributed by atoms with Gasteiger partial charge in [-0.3, -0.25) is 14.4 Å². The summed E-state index contributed by atoms with van der Waals surface area (Å²) < 4.78 is 10.3. The van der Waals surface area contributed by atoms with E-state index in [2.05, 4.69) is 6.92 Å². The van der Waals surface area contributed by atoms with Gasteiger partial charge in [0.15, 0.2) is 11.5 Å². The van der Waals surface area contributed by atoms with E-state index in [1.807, 2.05) is 4.90 Å². The number of carbonyl (C=O) groups is 3. The SMILES string of the molecule is CC(=O)Oc1ccc(CN(CC2CCCC(C)C2)C(C)=O)cc1OC(C)=O. The van der Waals surface area contributed by atoms with Gasteiger partial charge in [-0.25, -0.2) is 0 Å². The maximum absolute atomic E-state index is 12.1. The Labute approximate surface area is 160 Å². The van der Waals surface area contributed by atoms with Crippen LogP contribution in [0.3, 0.4) is 0 Å². The van der Waals surface area contributed by atoms with Crippen molar-refractivity contribution in [3.8, 4) is 11.5 Å². The molecule has 6 nitrogen and oxygen atoms in total. The van der Waals surface area contributed by atoms with Crippen molar-refractivity contribution in [3.63, 3.8) is 0 Å². The molecule has 0 heterocycles. The van der Waals surface area contributed by atoms with Crippen molar-refractivity contribution in [2.45, 2.75) is 59.9 Å². The highest BCUT2D eigenvalue weighted by atomic mass is 16.6. The Morgan fingerprint density at radius 2 is 1.70 bits per heavy atom. The Hall–Kier alpha value is -2.37. The predicted molar refractivity (Wildman–Crippen MR) is 101 cm³/mol. The third-order valence-electron chi connectivity index (χ3n) is 4.86. The van der Waals surface area contributed by atoms with Crippen molar-refractivity contribution in [2.24, 2.45) is 11.8 Å². The van der Waals surface area contributed by atoms with E-state index >= 15 is 0 Å². The van der Waals surface area contributed by atoms with E-state index in [9.17, 15) is 14.4 Å². The molecule has 1 aromatic rings. The Morgan fingerprint density at radius 1 is 1.04 bits per heavy atom. The topological polar surface area (TPSA) is 72.9 Å². The number of rotatable bonds is 6. The van der Waals surface area contributed by atoms with Crippen LogP contribution >= 0.6 is 0 Å². The molecule has 148 valence electrons. The summed E-state index contributed by atoms with van der Waals surface area (Å²) in [6, 6.07) is 5.03. The molecule has 1 fully saturated rings. The average Bonchev–Trinajstić information content (AvgIpc) is 2.55. The van der Waals surface area contributed by atoms with Crippen LogP contribution in [0.1, 0.15) is 58.9 Å². The quantitative estimate of drug-likeness (QED) is 0.560. The molecule has 27 heavy (non-hydrogen) atoms. The first-order chi connectivity index (χ1) is 12.7. The Balaban J connectivity index is 2.15. The largest absolute Gasteiger partial charge is 0.423 e. The van der Waals surface area contributed by atoms with Gasteiger partial charge in [0, 0.05) is 33.9 Å². The summed E-state index contributed by atoms with van der Waals surface area (Å²) in [5.74, 6) is 0.628. The Kier molecular flexibility index (Phi) is 7.39. The van der Waals surface area contributed by atoms with Crippen molar-refractivity contribution >= 4 is 17.8 Å². The number of nitrogens with zero attached hydrogens (tertiary/aromatic N) is 1. The predicted octanol–water partition coefficient (Wildman–Crippen LogP) is 3.71. The minimum atomic E-state index is -0.500. The highest BCUT2D eigenvalue weighted by Crippen LogP contribution is 2.31. The van der Waals surface area contributed by atoms with E-state index in [1.54, 1.807) is 25.1 Å². The van der Waals surface area contributed by atoms with E-state index in [4.69, 9.17) is 9.47 Å². The smallest absolute Gasteiger partial charge is 0.308 e. The van der Waals surface area contributed by atoms with Crippen molar-refractivity contribution in [1.29, 1.82) is 0 Å². The molecule has 2 rings (SSSR count). The Morgan fingerprint density at radius 3 is 2.30 bits per heavy atom. The van der Waals surface area contributed by atoms with E-state index < -0.39 is 11.9 Å². The highest BCUT2D eigenvalue weighted by molar-refractivity contribution is 5.74. The minimum absolute atomic E-state index is 0.0197. The summed E-state index contributed by atoms with van der Waals surface area (Å²) in [6.45, 7) is 7.57. The molecule has 0 radical (unpaired) electrons. The van der Waals surface area contributed by atoms with Gasteiger partial charge in [0.05, 0.1) is 0 Å². The van der Waals surface area contributed by atoms with E-state index in [1.165, 1.54) is 26.7 Å². The van der Waals surface area contributed by atoms with Gasteiger partial charge in [0.2, 0.25) is 5.91 Å². The average molecular weight is 375 g/mol. The molecule has 0 bridgehead atoms. The summed E-state index contributed by atoms with van der Waals surface area (Å²) in [5.41, 5.74) is 0.821. The first kappa shape index (κ1) is 20.9. The van der Waals surface area contributed by atoms with Crippen LogP contribution in [0, 0.1) is 11.8 Å². The molecule has 1 aliphatic rings. The zero-order valence-corrected chi connectivity index (χ0v) is 16.6. The first-order valence-corrected chi connectivity index (χ1v) is 9.50. The normalized spacial score (nSPS) is 19.3. The molecule has 6 heteroatoms. The van der Waals surface area contributed by atoms with Gasteiger partial charge in [-0.2, -0.15) is 0 Å². The highest BCUT2D eigenvalue weighted by Gasteiger charge is 2.23. The van der Waals surface area contributed by atoms with E-state index in [-0.39, 0.29) is 17.4 Å². The van der Waals surface area contributed by atoms with Crippen LogP contribution in [0.5, 0.6) is 11.5 Å². The first-order valence-electron chi connectivity index (χ1n) is 9.50.